The molecule has 1 nitrogen and oxygen atoms in total. The normalized spacial score (nSPS) is 19.1. The number of rotatable bonds is 3. The van der Waals surface area contributed by atoms with Gasteiger partial charge in [0.2, 0.25) is 0 Å². The van der Waals surface area contributed by atoms with Gasteiger partial charge in [0.1, 0.15) is 5.76 Å². The molecule has 1 aliphatic rings. The first-order valence-corrected chi connectivity index (χ1v) is 10.5. The van der Waals surface area contributed by atoms with Gasteiger partial charge in [0.15, 0.2) is 5.60 Å². The Hall–Kier alpha value is -2.97. The minimum absolute atomic E-state index is 0.535. The molecular formula is C26H20OS. The van der Waals surface area contributed by atoms with E-state index in [1.807, 2.05) is 17.8 Å². The van der Waals surface area contributed by atoms with Gasteiger partial charge in [0.05, 0.1) is 0 Å². The molecule has 0 radical (unpaired) electrons. The highest BCUT2D eigenvalue weighted by molar-refractivity contribution is 8.02. The molecule has 1 unspecified atom stereocenters. The van der Waals surface area contributed by atoms with Gasteiger partial charge < -0.3 is 4.74 Å². The Bertz CT molecular complexity index is 1130. The van der Waals surface area contributed by atoms with Crippen molar-refractivity contribution in [2.24, 2.45) is 0 Å². The first-order chi connectivity index (χ1) is 13.9. The van der Waals surface area contributed by atoms with E-state index in [0.717, 1.165) is 17.1 Å². The molecule has 0 fully saturated rings. The van der Waals surface area contributed by atoms with Crippen LogP contribution in [-0.2, 0) is 10.3 Å². The first-order valence-electron chi connectivity index (χ1n) is 9.47. The molecule has 0 bridgehead atoms. The smallest absolute Gasteiger partial charge is 0.169 e. The van der Waals surface area contributed by atoms with Gasteiger partial charge in [0.25, 0.3) is 0 Å². The molecule has 5 rings (SSSR count). The lowest BCUT2D eigenvalue weighted by atomic mass is 9.84. The van der Waals surface area contributed by atoms with Gasteiger partial charge in [-0.3, -0.25) is 0 Å². The number of thioether (sulfide) groups is 1. The van der Waals surface area contributed by atoms with Gasteiger partial charge in [-0.2, -0.15) is 0 Å². The summed E-state index contributed by atoms with van der Waals surface area (Å²) in [7, 11) is 0. The van der Waals surface area contributed by atoms with E-state index in [0.29, 0.717) is 0 Å². The van der Waals surface area contributed by atoms with Crippen molar-refractivity contribution in [3.63, 3.8) is 0 Å². The predicted molar refractivity (Wildman–Crippen MR) is 119 cm³/mol. The van der Waals surface area contributed by atoms with Crippen LogP contribution in [0.25, 0.3) is 16.5 Å². The standard InChI is InChI=1S/C26H20OS/c1-3-11-21(12-4-1)25-18-28-19-26(27-25,22-14-5-2-6-15-22)24-17-9-13-20-10-7-8-16-23(20)24/h1-18H,19H2. The molecule has 1 heterocycles. The third kappa shape index (κ3) is 2.90. The summed E-state index contributed by atoms with van der Waals surface area (Å²) < 4.78 is 6.88. The van der Waals surface area contributed by atoms with Gasteiger partial charge in [-0.25, -0.2) is 0 Å². The molecule has 4 aromatic carbocycles. The van der Waals surface area contributed by atoms with Crippen LogP contribution in [0.1, 0.15) is 16.7 Å². The summed E-state index contributed by atoms with van der Waals surface area (Å²) in [5.41, 5.74) is 2.97. The molecule has 1 atom stereocenters. The Morgan fingerprint density at radius 1 is 0.679 bits per heavy atom. The summed E-state index contributed by atoms with van der Waals surface area (Å²) >= 11 is 1.82. The third-order valence-electron chi connectivity index (χ3n) is 5.28. The molecule has 1 aliphatic heterocycles. The summed E-state index contributed by atoms with van der Waals surface area (Å²) in [6, 6.07) is 36.0. The zero-order valence-corrected chi connectivity index (χ0v) is 16.2. The van der Waals surface area contributed by atoms with Crippen molar-refractivity contribution in [1.29, 1.82) is 0 Å². The van der Waals surface area contributed by atoms with E-state index in [2.05, 4.69) is 102 Å². The van der Waals surface area contributed by atoms with E-state index in [1.54, 1.807) is 0 Å². The number of fused-ring (bicyclic) bond motifs is 1. The SMILES string of the molecule is C1=C(c2ccccc2)OC(c2ccccc2)(c2cccc3ccccc23)CS1. The van der Waals surface area contributed by atoms with Gasteiger partial charge >= 0.3 is 0 Å². The van der Waals surface area contributed by atoms with Gasteiger partial charge in [-0.15, -0.1) is 11.8 Å². The minimum Gasteiger partial charge on any atom is -0.476 e. The fourth-order valence-corrected chi connectivity index (χ4v) is 4.96. The van der Waals surface area contributed by atoms with E-state index in [-0.39, 0.29) is 0 Å². The Balaban J connectivity index is 1.73. The fraction of sp³-hybridized carbons (Fsp3) is 0.0769. The van der Waals surface area contributed by atoms with Crippen LogP contribution in [0.5, 0.6) is 0 Å². The van der Waals surface area contributed by atoms with Crippen LogP contribution in [0.2, 0.25) is 0 Å². The van der Waals surface area contributed by atoms with Crippen LogP contribution in [-0.4, -0.2) is 5.75 Å². The molecule has 0 saturated carbocycles. The van der Waals surface area contributed by atoms with Crippen molar-refractivity contribution in [2.45, 2.75) is 5.60 Å². The topological polar surface area (TPSA) is 9.23 Å². The zero-order valence-electron chi connectivity index (χ0n) is 15.4. The van der Waals surface area contributed by atoms with Crippen molar-refractivity contribution < 1.29 is 4.74 Å². The second-order valence-electron chi connectivity index (χ2n) is 6.98. The average molecular weight is 381 g/mol. The highest BCUT2D eigenvalue weighted by Gasteiger charge is 2.40. The highest BCUT2D eigenvalue weighted by Crippen LogP contribution is 2.46. The average Bonchev–Trinajstić information content (AvgIpc) is 2.80. The molecule has 0 N–H and O–H groups in total. The van der Waals surface area contributed by atoms with E-state index in [1.165, 1.54) is 21.9 Å². The van der Waals surface area contributed by atoms with Crippen LogP contribution >= 0.6 is 11.8 Å². The van der Waals surface area contributed by atoms with Crippen molar-refractivity contribution in [3.8, 4) is 0 Å². The Morgan fingerprint density at radius 3 is 2.18 bits per heavy atom. The van der Waals surface area contributed by atoms with E-state index in [9.17, 15) is 0 Å². The number of hydrogen-bond donors (Lipinski definition) is 0. The number of ether oxygens (including phenoxy) is 1. The lowest BCUT2D eigenvalue weighted by Crippen LogP contribution is -2.35. The Labute approximate surface area is 169 Å². The maximum absolute atomic E-state index is 6.88. The van der Waals surface area contributed by atoms with E-state index in [4.69, 9.17) is 4.74 Å². The fourth-order valence-electron chi connectivity index (χ4n) is 3.92. The van der Waals surface area contributed by atoms with Crippen molar-refractivity contribution in [1.82, 2.24) is 0 Å². The van der Waals surface area contributed by atoms with E-state index >= 15 is 0 Å². The summed E-state index contributed by atoms with van der Waals surface area (Å²) in [5, 5.41) is 4.62. The second kappa shape index (κ2) is 7.21. The minimum atomic E-state index is -0.535. The summed E-state index contributed by atoms with van der Waals surface area (Å²) in [4.78, 5) is 0. The largest absolute Gasteiger partial charge is 0.476 e. The molecule has 0 saturated heterocycles. The van der Waals surface area contributed by atoms with Crippen LogP contribution < -0.4 is 0 Å². The molecule has 0 aliphatic carbocycles. The van der Waals surface area contributed by atoms with Crippen molar-refractivity contribution in [2.75, 3.05) is 5.75 Å². The Morgan fingerprint density at radius 2 is 1.36 bits per heavy atom. The van der Waals surface area contributed by atoms with Crippen molar-refractivity contribution >= 4 is 28.3 Å². The van der Waals surface area contributed by atoms with Gasteiger partial charge in [0, 0.05) is 27.9 Å². The maximum atomic E-state index is 6.88. The summed E-state index contributed by atoms with van der Waals surface area (Å²) in [6.45, 7) is 0. The zero-order chi connectivity index (χ0) is 18.8. The lowest BCUT2D eigenvalue weighted by Gasteiger charge is -2.39. The Kier molecular flexibility index (Phi) is 4.42. The van der Waals surface area contributed by atoms with Crippen LogP contribution in [0.4, 0.5) is 0 Å². The summed E-state index contributed by atoms with van der Waals surface area (Å²) in [5.74, 6) is 1.76. The summed E-state index contributed by atoms with van der Waals surface area (Å²) in [6.07, 6.45) is 0. The van der Waals surface area contributed by atoms with Crippen LogP contribution in [0, 0.1) is 0 Å². The molecule has 4 aromatic rings. The van der Waals surface area contributed by atoms with Gasteiger partial charge in [-0.05, 0) is 10.8 Å². The molecule has 28 heavy (non-hydrogen) atoms. The molecule has 0 spiro atoms. The quantitative estimate of drug-likeness (QED) is 0.384. The van der Waals surface area contributed by atoms with E-state index < -0.39 is 5.60 Å². The van der Waals surface area contributed by atoms with Crippen molar-refractivity contribution in [3.05, 3.63) is 125 Å². The maximum Gasteiger partial charge on any atom is 0.169 e. The monoisotopic (exact) mass is 380 g/mol. The van der Waals surface area contributed by atoms with Gasteiger partial charge in [-0.1, -0.05) is 103 Å². The second-order valence-corrected chi connectivity index (χ2v) is 7.84. The number of hydrogen-bond acceptors (Lipinski definition) is 2. The molecule has 0 aromatic heterocycles. The first kappa shape index (κ1) is 17.2. The number of benzene rings is 4. The molecular weight excluding hydrogens is 360 g/mol. The molecule has 136 valence electrons. The molecule has 0 amide bonds. The lowest BCUT2D eigenvalue weighted by molar-refractivity contribution is 0.102. The molecule has 2 heteroatoms. The van der Waals surface area contributed by atoms with Crippen LogP contribution in [0.15, 0.2) is 109 Å². The predicted octanol–water partition coefficient (Wildman–Crippen LogP) is 6.85. The highest BCUT2D eigenvalue weighted by atomic mass is 32.2. The third-order valence-corrected chi connectivity index (χ3v) is 6.24. The van der Waals surface area contributed by atoms with Crippen LogP contribution in [0.3, 0.4) is 0 Å².